The number of alkyl halides is 1. The summed E-state index contributed by atoms with van der Waals surface area (Å²) in [5.41, 5.74) is 0. The molecule has 0 heterocycles. The van der Waals surface area contributed by atoms with Gasteiger partial charge in [0.05, 0.1) is 0 Å². The van der Waals surface area contributed by atoms with Crippen LogP contribution in [-0.2, 0) is 0 Å². The highest BCUT2D eigenvalue weighted by Gasteiger charge is 2.40. The van der Waals surface area contributed by atoms with Crippen molar-refractivity contribution in [3.63, 3.8) is 0 Å². The minimum Gasteiger partial charge on any atom is -0.122 e. The molecule has 4 saturated carbocycles. The van der Waals surface area contributed by atoms with Gasteiger partial charge in [-0.1, -0.05) is 33.6 Å². The average Bonchev–Trinajstić information content (AvgIpc) is 2.73. The van der Waals surface area contributed by atoms with Gasteiger partial charge in [0, 0.05) is 5.38 Å². The summed E-state index contributed by atoms with van der Waals surface area (Å²) in [7, 11) is 0. The van der Waals surface area contributed by atoms with Gasteiger partial charge in [-0.25, -0.2) is 0 Å². The molecule has 0 nitrogen and oxygen atoms in total. The van der Waals surface area contributed by atoms with Crippen molar-refractivity contribution in [1.82, 2.24) is 0 Å². The first kappa shape index (κ1) is 21.5. The van der Waals surface area contributed by atoms with Crippen LogP contribution in [0.2, 0.25) is 0 Å². The van der Waals surface area contributed by atoms with Gasteiger partial charge in [0.25, 0.3) is 0 Å². The van der Waals surface area contributed by atoms with E-state index in [-0.39, 0.29) is 0 Å². The second-order valence-electron chi connectivity index (χ2n) is 11.9. The zero-order valence-electron chi connectivity index (χ0n) is 19.1. The van der Waals surface area contributed by atoms with E-state index in [0.717, 1.165) is 53.3 Å². The third-order valence-corrected chi connectivity index (χ3v) is 11.1. The maximum absolute atomic E-state index is 6.77. The lowest BCUT2D eigenvalue weighted by Crippen LogP contribution is -2.38. The molecular formula is C27H47Cl. The second kappa shape index (κ2) is 9.62. The van der Waals surface area contributed by atoms with Crippen LogP contribution in [0.5, 0.6) is 0 Å². The molecular weight excluding hydrogens is 360 g/mol. The van der Waals surface area contributed by atoms with Gasteiger partial charge >= 0.3 is 0 Å². The summed E-state index contributed by atoms with van der Waals surface area (Å²) in [4.78, 5) is 0. The van der Waals surface area contributed by atoms with Crippen molar-refractivity contribution in [2.75, 3.05) is 0 Å². The Bertz CT molecular complexity index is 463. The molecule has 0 bridgehead atoms. The Kier molecular flexibility index (Phi) is 7.39. The van der Waals surface area contributed by atoms with Crippen LogP contribution in [0.3, 0.4) is 0 Å². The highest BCUT2D eigenvalue weighted by Crippen LogP contribution is 2.49. The van der Waals surface area contributed by atoms with E-state index in [1.165, 1.54) is 51.4 Å². The first-order valence-electron chi connectivity index (χ1n) is 13.2. The Morgan fingerprint density at radius 2 is 0.857 bits per heavy atom. The van der Waals surface area contributed by atoms with E-state index in [0.29, 0.717) is 5.38 Å². The summed E-state index contributed by atoms with van der Waals surface area (Å²) in [5, 5.41) is 0.425. The van der Waals surface area contributed by atoms with Gasteiger partial charge in [-0.2, -0.15) is 0 Å². The van der Waals surface area contributed by atoms with Crippen molar-refractivity contribution in [2.45, 2.75) is 116 Å². The smallest absolute Gasteiger partial charge is 0.0389 e. The number of hydrogen-bond acceptors (Lipinski definition) is 0. The molecule has 0 radical (unpaired) electrons. The maximum Gasteiger partial charge on any atom is 0.0389 e. The predicted octanol–water partition coefficient (Wildman–Crippen LogP) is 8.72. The van der Waals surface area contributed by atoms with Gasteiger partial charge < -0.3 is 0 Å². The van der Waals surface area contributed by atoms with Gasteiger partial charge in [0.2, 0.25) is 0 Å². The Morgan fingerprint density at radius 3 is 1.32 bits per heavy atom. The zero-order valence-corrected chi connectivity index (χ0v) is 19.8. The average molecular weight is 407 g/mol. The Morgan fingerprint density at radius 1 is 0.464 bits per heavy atom. The molecule has 162 valence electrons. The number of halogens is 1. The largest absolute Gasteiger partial charge is 0.122 e. The molecule has 0 aromatic carbocycles. The molecule has 0 aromatic rings. The molecule has 0 N–H and O–H groups in total. The molecule has 0 aromatic heterocycles. The fourth-order valence-corrected chi connectivity index (χ4v) is 8.50. The van der Waals surface area contributed by atoms with Crippen molar-refractivity contribution in [3.05, 3.63) is 0 Å². The van der Waals surface area contributed by atoms with Gasteiger partial charge in [0.1, 0.15) is 0 Å². The Balaban J connectivity index is 1.21. The lowest BCUT2D eigenvalue weighted by Gasteiger charge is -2.45. The summed E-state index contributed by atoms with van der Waals surface area (Å²) in [5.74, 6) is 8.69. The minimum atomic E-state index is 0.425. The molecule has 1 heteroatoms. The van der Waals surface area contributed by atoms with Crippen LogP contribution < -0.4 is 0 Å². The summed E-state index contributed by atoms with van der Waals surface area (Å²) in [6.45, 7) is 7.29. The molecule has 28 heavy (non-hydrogen) atoms. The summed E-state index contributed by atoms with van der Waals surface area (Å²) in [6.07, 6.45) is 21.3. The van der Waals surface area contributed by atoms with Crippen LogP contribution in [-0.4, -0.2) is 5.38 Å². The molecule has 0 saturated heterocycles. The highest BCUT2D eigenvalue weighted by molar-refractivity contribution is 6.21. The van der Waals surface area contributed by atoms with Gasteiger partial charge in [0.15, 0.2) is 0 Å². The van der Waals surface area contributed by atoms with Crippen molar-refractivity contribution in [1.29, 1.82) is 0 Å². The first-order chi connectivity index (χ1) is 13.5. The molecule has 4 atom stereocenters. The van der Waals surface area contributed by atoms with E-state index in [9.17, 15) is 0 Å². The molecule has 4 aliphatic carbocycles. The van der Waals surface area contributed by atoms with Gasteiger partial charge in [-0.05, 0) is 130 Å². The fourth-order valence-electron chi connectivity index (χ4n) is 8.19. The van der Waals surface area contributed by atoms with Crippen molar-refractivity contribution < 1.29 is 0 Å². The van der Waals surface area contributed by atoms with E-state index in [4.69, 9.17) is 11.6 Å². The van der Waals surface area contributed by atoms with Gasteiger partial charge in [-0.3, -0.25) is 0 Å². The van der Waals surface area contributed by atoms with Gasteiger partial charge in [-0.15, -0.1) is 11.6 Å². The van der Waals surface area contributed by atoms with Crippen LogP contribution in [0.15, 0.2) is 0 Å². The molecule has 4 rings (SSSR count). The van der Waals surface area contributed by atoms with E-state index in [1.807, 2.05) is 0 Å². The molecule has 4 unspecified atom stereocenters. The van der Waals surface area contributed by atoms with Crippen LogP contribution in [0.4, 0.5) is 0 Å². The predicted molar refractivity (Wildman–Crippen MR) is 123 cm³/mol. The minimum absolute atomic E-state index is 0.425. The lowest BCUT2D eigenvalue weighted by molar-refractivity contribution is 0.0709. The maximum atomic E-state index is 6.77. The standard InChI is InChI=1S/C27H47Cl/c1-18-4-7-21(8-5-18)22-9-11-23(12-10-22)24-13-15-25(16-14-24)26-17-6-19(2)27(28)20(26)3/h18-27H,4-17H2,1-3H3. The molecule has 4 fully saturated rings. The van der Waals surface area contributed by atoms with Crippen molar-refractivity contribution in [2.24, 2.45) is 53.3 Å². The van der Waals surface area contributed by atoms with Crippen molar-refractivity contribution in [3.8, 4) is 0 Å². The summed E-state index contributed by atoms with van der Waals surface area (Å²) < 4.78 is 0. The third-order valence-electron chi connectivity index (χ3n) is 10.3. The van der Waals surface area contributed by atoms with E-state index in [2.05, 4.69) is 20.8 Å². The molecule has 4 aliphatic rings. The van der Waals surface area contributed by atoms with Crippen LogP contribution >= 0.6 is 11.6 Å². The molecule has 0 aliphatic heterocycles. The van der Waals surface area contributed by atoms with Crippen LogP contribution in [0.25, 0.3) is 0 Å². The normalized spacial score (nSPS) is 51.0. The zero-order chi connectivity index (χ0) is 19.7. The number of hydrogen-bond donors (Lipinski definition) is 0. The lowest BCUT2D eigenvalue weighted by atomic mass is 9.61. The Hall–Kier alpha value is 0.290. The second-order valence-corrected chi connectivity index (χ2v) is 12.4. The Labute approximate surface area is 181 Å². The monoisotopic (exact) mass is 406 g/mol. The van der Waals surface area contributed by atoms with E-state index in [1.54, 1.807) is 38.5 Å². The highest BCUT2D eigenvalue weighted by atomic mass is 35.5. The van der Waals surface area contributed by atoms with Crippen LogP contribution in [0, 0.1) is 53.3 Å². The van der Waals surface area contributed by atoms with Crippen LogP contribution in [0.1, 0.15) is 111 Å². The van der Waals surface area contributed by atoms with E-state index >= 15 is 0 Å². The summed E-state index contributed by atoms with van der Waals surface area (Å²) >= 11 is 6.77. The SMILES string of the molecule is CC1CCC(C2CCC(C3CCC(C4CCC(C)C(Cl)C4C)CC3)CC2)CC1. The van der Waals surface area contributed by atoms with Crippen molar-refractivity contribution >= 4 is 11.6 Å². The molecule has 0 amide bonds. The third kappa shape index (κ3) is 4.78. The summed E-state index contributed by atoms with van der Waals surface area (Å²) in [6, 6.07) is 0. The van der Waals surface area contributed by atoms with E-state index < -0.39 is 0 Å². The first-order valence-corrected chi connectivity index (χ1v) is 13.6. The quantitative estimate of drug-likeness (QED) is 0.411. The number of rotatable bonds is 3. The fraction of sp³-hybridized carbons (Fsp3) is 1.00. The topological polar surface area (TPSA) is 0 Å². The molecule has 0 spiro atoms.